The van der Waals surface area contributed by atoms with Crippen molar-refractivity contribution in [1.29, 1.82) is 0 Å². The predicted octanol–water partition coefficient (Wildman–Crippen LogP) is 7.92. The number of hydrogen-bond donors (Lipinski definition) is 0. The number of fused-ring (bicyclic) bond motifs is 1. The largest absolute Gasteiger partial charge is 0.416 e. The Bertz CT molecular complexity index is 1710. The summed E-state index contributed by atoms with van der Waals surface area (Å²) in [5.74, 6) is 0.0337. The molecule has 3 aromatic carbocycles. The number of carbonyl (C=O) groups is 1. The van der Waals surface area contributed by atoms with Crippen LogP contribution < -0.4 is 5.56 Å². The number of amides is 1. The molecule has 10 heteroatoms. The zero-order valence-corrected chi connectivity index (χ0v) is 26.3. The Morgan fingerprint density at radius 3 is 2.09 bits per heavy atom. The lowest BCUT2D eigenvalue weighted by Crippen LogP contribution is -2.40. The standard InChI is InChI=1S/C35H35F4N3O2S/c1-34(2,3)22-41(19-23-7-11-25(12-8-23)26-13-15-27(16-14-26)35(37,38)39)31(43)20-42-30-6-4-5-29(30)32(44)40-33(42)45-21-24-9-17-28(36)18-10-24/h7-18H,4-6,19-22H2,1-3H3. The molecule has 0 bridgehead atoms. The van der Waals surface area contributed by atoms with E-state index in [0.717, 1.165) is 40.9 Å². The smallest absolute Gasteiger partial charge is 0.336 e. The van der Waals surface area contributed by atoms with E-state index in [1.165, 1.54) is 36.0 Å². The van der Waals surface area contributed by atoms with Gasteiger partial charge in [0.1, 0.15) is 12.4 Å². The van der Waals surface area contributed by atoms with Crippen molar-refractivity contribution in [2.24, 2.45) is 5.41 Å². The molecule has 0 atom stereocenters. The maximum Gasteiger partial charge on any atom is 0.416 e. The minimum atomic E-state index is -4.39. The first-order valence-corrected chi connectivity index (χ1v) is 15.8. The van der Waals surface area contributed by atoms with Gasteiger partial charge in [-0.25, -0.2) is 4.39 Å². The van der Waals surface area contributed by atoms with Crippen LogP contribution >= 0.6 is 11.8 Å². The fourth-order valence-corrected chi connectivity index (χ4v) is 6.47. The number of aromatic nitrogens is 2. The summed E-state index contributed by atoms with van der Waals surface area (Å²) < 4.78 is 54.2. The molecule has 0 unspecified atom stereocenters. The first-order chi connectivity index (χ1) is 21.3. The van der Waals surface area contributed by atoms with Crippen LogP contribution in [0.15, 0.2) is 82.7 Å². The number of thioether (sulfide) groups is 1. The van der Waals surface area contributed by atoms with Crippen LogP contribution in [0.5, 0.6) is 0 Å². The number of hydrogen-bond acceptors (Lipinski definition) is 4. The van der Waals surface area contributed by atoms with Gasteiger partial charge in [0.25, 0.3) is 5.56 Å². The Morgan fingerprint density at radius 2 is 1.49 bits per heavy atom. The SMILES string of the molecule is CC(C)(C)CN(Cc1ccc(-c2ccc(C(F)(F)F)cc2)cc1)C(=O)Cn1c(SCc2ccc(F)cc2)nc(=O)c2c1CCC2. The second kappa shape index (κ2) is 13.2. The van der Waals surface area contributed by atoms with Crippen LogP contribution in [0.3, 0.4) is 0 Å². The summed E-state index contributed by atoms with van der Waals surface area (Å²) >= 11 is 1.35. The van der Waals surface area contributed by atoms with Crippen LogP contribution in [-0.2, 0) is 42.7 Å². The second-order valence-electron chi connectivity index (χ2n) is 12.6. The predicted molar refractivity (Wildman–Crippen MR) is 168 cm³/mol. The Hall–Kier alpha value is -3.92. The Kier molecular flexibility index (Phi) is 9.53. The fraction of sp³-hybridized carbons (Fsp3) is 0.343. The molecule has 0 spiro atoms. The molecule has 0 saturated carbocycles. The number of rotatable bonds is 9. The summed E-state index contributed by atoms with van der Waals surface area (Å²) in [4.78, 5) is 33.0. The van der Waals surface area contributed by atoms with E-state index in [9.17, 15) is 27.2 Å². The van der Waals surface area contributed by atoms with E-state index >= 15 is 0 Å². The molecule has 0 aliphatic heterocycles. The number of halogens is 4. The van der Waals surface area contributed by atoms with E-state index in [1.807, 2.05) is 28.8 Å². The lowest BCUT2D eigenvalue weighted by Gasteiger charge is -2.31. The fourth-order valence-electron chi connectivity index (χ4n) is 5.50. The van der Waals surface area contributed by atoms with Crippen LogP contribution in [0.25, 0.3) is 11.1 Å². The maximum absolute atomic E-state index is 14.0. The van der Waals surface area contributed by atoms with Crippen molar-refractivity contribution in [3.05, 3.63) is 117 Å². The van der Waals surface area contributed by atoms with Crippen LogP contribution in [0.4, 0.5) is 17.6 Å². The molecule has 45 heavy (non-hydrogen) atoms. The minimum Gasteiger partial charge on any atom is -0.336 e. The van der Waals surface area contributed by atoms with Gasteiger partial charge < -0.3 is 9.47 Å². The van der Waals surface area contributed by atoms with Crippen molar-refractivity contribution in [1.82, 2.24) is 14.5 Å². The molecule has 236 valence electrons. The van der Waals surface area contributed by atoms with Crippen LogP contribution in [0.2, 0.25) is 0 Å². The number of alkyl halides is 3. The molecule has 1 amide bonds. The van der Waals surface area contributed by atoms with Crippen molar-refractivity contribution in [3.63, 3.8) is 0 Å². The summed E-state index contributed by atoms with van der Waals surface area (Å²) in [5.41, 5.74) is 3.57. The molecule has 5 nitrogen and oxygen atoms in total. The third-order valence-corrected chi connectivity index (χ3v) is 8.71. The second-order valence-corrected chi connectivity index (χ2v) is 13.5. The van der Waals surface area contributed by atoms with E-state index in [1.54, 1.807) is 17.0 Å². The minimum absolute atomic E-state index is 0.0289. The molecule has 1 aliphatic rings. The van der Waals surface area contributed by atoms with Gasteiger partial charge in [-0.2, -0.15) is 18.2 Å². The summed E-state index contributed by atoms with van der Waals surface area (Å²) in [6.45, 7) is 7.04. The zero-order valence-electron chi connectivity index (χ0n) is 25.5. The summed E-state index contributed by atoms with van der Waals surface area (Å²) in [6.07, 6.45) is -2.24. The molecule has 0 N–H and O–H groups in total. The highest BCUT2D eigenvalue weighted by Gasteiger charge is 2.30. The highest BCUT2D eigenvalue weighted by atomic mass is 32.2. The maximum atomic E-state index is 14.0. The average molecular weight is 638 g/mol. The first kappa shape index (κ1) is 32.5. The highest BCUT2D eigenvalue weighted by molar-refractivity contribution is 7.98. The number of benzene rings is 3. The van der Waals surface area contributed by atoms with Gasteiger partial charge in [-0.05, 0) is 71.2 Å². The summed E-state index contributed by atoms with van der Waals surface area (Å²) in [5, 5.41) is 0.468. The molecule has 5 rings (SSSR count). The van der Waals surface area contributed by atoms with Gasteiger partial charge >= 0.3 is 6.18 Å². The first-order valence-electron chi connectivity index (χ1n) is 14.8. The van der Waals surface area contributed by atoms with Gasteiger partial charge in [0, 0.05) is 30.1 Å². The lowest BCUT2D eigenvalue weighted by molar-refractivity contribution is -0.137. The summed E-state index contributed by atoms with van der Waals surface area (Å²) in [6, 6.07) is 18.7. The molecular weight excluding hydrogens is 602 g/mol. The third-order valence-electron chi connectivity index (χ3n) is 7.67. The highest BCUT2D eigenvalue weighted by Crippen LogP contribution is 2.31. The van der Waals surface area contributed by atoms with Crippen LogP contribution in [0.1, 0.15) is 55.1 Å². The Labute approximate surface area is 264 Å². The molecule has 0 saturated heterocycles. The topological polar surface area (TPSA) is 55.2 Å². The van der Waals surface area contributed by atoms with Crippen molar-refractivity contribution in [3.8, 4) is 11.1 Å². The van der Waals surface area contributed by atoms with Crippen LogP contribution in [0, 0.1) is 11.2 Å². The van der Waals surface area contributed by atoms with E-state index < -0.39 is 11.7 Å². The molecule has 1 aliphatic carbocycles. The normalized spacial score (nSPS) is 13.1. The van der Waals surface area contributed by atoms with Crippen molar-refractivity contribution >= 4 is 17.7 Å². The molecule has 0 fully saturated rings. The molecule has 0 radical (unpaired) electrons. The Morgan fingerprint density at radius 1 is 0.889 bits per heavy atom. The van der Waals surface area contributed by atoms with Gasteiger partial charge in [0.05, 0.1) is 5.56 Å². The van der Waals surface area contributed by atoms with Crippen LogP contribution in [-0.4, -0.2) is 26.9 Å². The lowest BCUT2D eigenvalue weighted by atomic mass is 9.95. The zero-order chi connectivity index (χ0) is 32.4. The third kappa shape index (κ3) is 8.22. The van der Waals surface area contributed by atoms with Crippen molar-refractivity contribution in [2.75, 3.05) is 6.54 Å². The Balaban J connectivity index is 1.37. The van der Waals surface area contributed by atoms with Crippen molar-refractivity contribution < 1.29 is 22.4 Å². The van der Waals surface area contributed by atoms with Gasteiger partial charge in [0.15, 0.2) is 5.16 Å². The van der Waals surface area contributed by atoms with Crippen molar-refractivity contribution in [2.45, 2.75) is 70.2 Å². The number of nitrogens with zero attached hydrogens (tertiary/aromatic N) is 3. The molecule has 1 aromatic heterocycles. The average Bonchev–Trinajstić information content (AvgIpc) is 3.48. The van der Waals surface area contributed by atoms with Gasteiger partial charge in [-0.1, -0.05) is 81.1 Å². The van der Waals surface area contributed by atoms with Gasteiger partial charge in [-0.15, -0.1) is 0 Å². The van der Waals surface area contributed by atoms with Gasteiger partial charge in [-0.3, -0.25) is 9.59 Å². The van der Waals surface area contributed by atoms with E-state index in [4.69, 9.17) is 0 Å². The number of carbonyl (C=O) groups excluding carboxylic acids is 1. The summed E-state index contributed by atoms with van der Waals surface area (Å²) in [7, 11) is 0. The van der Waals surface area contributed by atoms with E-state index in [2.05, 4.69) is 25.8 Å². The quantitative estimate of drug-likeness (QED) is 0.106. The molecule has 1 heterocycles. The van der Waals surface area contributed by atoms with E-state index in [0.29, 0.717) is 48.0 Å². The molecule has 4 aromatic rings. The molecular formula is C35H35F4N3O2S. The monoisotopic (exact) mass is 637 g/mol. The van der Waals surface area contributed by atoms with E-state index in [-0.39, 0.29) is 29.2 Å². The van der Waals surface area contributed by atoms with Gasteiger partial charge in [0.2, 0.25) is 5.91 Å².